The van der Waals surface area contributed by atoms with Gasteiger partial charge in [0.25, 0.3) is 0 Å². The van der Waals surface area contributed by atoms with Crippen LogP contribution >= 0.6 is 12.6 Å². The van der Waals surface area contributed by atoms with Crippen LogP contribution in [0.25, 0.3) is 0 Å². The third-order valence-electron chi connectivity index (χ3n) is 2.07. The number of anilines is 1. The molecule has 0 unspecified atom stereocenters. The van der Waals surface area contributed by atoms with Gasteiger partial charge in [-0.2, -0.15) is 17.9 Å². The van der Waals surface area contributed by atoms with Gasteiger partial charge < -0.3 is 4.90 Å². The first-order valence-corrected chi connectivity index (χ1v) is 5.38. The molecule has 0 heterocycles. The van der Waals surface area contributed by atoms with E-state index in [4.69, 9.17) is 5.26 Å². The molecule has 2 nitrogen and oxygen atoms in total. The molecule has 0 aliphatic carbocycles. The number of rotatable bonds is 4. The molecule has 78 valence electrons. The first-order valence-electron chi connectivity index (χ1n) is 4.75. The van der Waals surface area contributed by atoms with Gasteiger partial charge in [-0.3, -0.25) is 0 Å². The Balaban J connectivity index is 2.69. The maximum atomic E-state index is 8.77. The second-order valence-corrected chi connectivity index (χ2v) is 3.56. The molecule has 0 saturated heterocycles. The van der Waals surface area contributed by atoms with Crippen molar-refractivity contribution >= 4 is 18.3 Å². The predicted octanol–water partition coefficient (Wildman–Crippen LogP) is 2.48. The fourth-order valence-corrected chi connectivity index (χ4v) is 1.37. The van der Waals surface area contributed by atoms with Crippen LogP contribution in [-0.2, 0) is 0 Å². The van der Waals surface area contributed by atoms with E-state index in [-0.39, 0.29) is 0 Å². The third kappa shape index (κ3) is 3.69. The molecule has 0 aliphatic rings. The van der Waals surface area contributed by atoms with Crippen molar-refractivity contribution in [2.24, 2.45) is 0 Å². The van der Waals surface area contributed by atoms with Gasteiger partial charge in [0, 0.05) is 25.0 Å². The maximum absolute atomic E-state index is 8.77. The van der Waals surface area contributed by atoms with Crippen LogP contribution < -0.4 is 4.90 Å². The summed E-state index contributed by atoms with van der Waals surface area (Å²) in [5.74, 6) is 0.756. The number of nitriles is 1. The summed E-state index contributed by atoms with van der Waals surface area (Å²) in [4.78, 5) is 2.08. The number of benzene rings is 1. The van der Waals surface area contributed by atoms with Gasteiger partial charge in [-0.15, -0.1) is 0 Å². The molecule has 0 atom stereocenters. The minimum atomic E-state index is 0.692. The van der Waals surface area contributed by atoms with E-state index >= 15 is 0 Å². The summed E-state index contributed by atoms with van der Waals surface area (Å²) in [7, 11) is 2.00. The Hall–Kier alpha value is -1.40. The highest BCUT2D eigenvalue weighted by molar-refractivity contribution is 7.80. The molecule has 0 saturated carbocycles. The quantitative estimate of drug-likeness (QED) is 0.621. The van der Waals surface area contributed by atoms with Crippen LogP contribution in [0, 0.1) is 11.3 Å². The van der Waals surface area contributed by atoms with E-state index in [1.54, 1.807) is 6.07 Å². The normalized spacial score (nSPS) is 10.2. The van der Waals surface area contributed by atoms with E-state index in [0.717, 1.165) is 18.0 Å². The second kappa shape index (κ2) is 6.15. The summed E-state index contributed by atoms with van der Waals surface area (Å²) < 4.78 is 0. The fraction of sp³-hybridized carbons (Fsp3) is 0.250. The van der Waals surface area contributed by atoms with E-state index in [2.05, 4.69) is 29.7 Å². The molecule has 0 N–H and O–H groups in total. The molecule has 1 rings (SSSR count). The van der Waals surface area contributed by atoms with Gasteiger partial charge in [0.05, 0.1) is 11.6 Å². The zero-order valence-corrected chi connectivity index (χ0v) is 9.61. The summed E-state index contributed by atoms with van der Waals surface area (Å²) in [5.41, 5.74) is 1.75. The topological polar surface area (TPSA) is 27.0 Å². The first-order chi connectivity index (χ1) is 7.27. The Labute approximate surface area is 96.2 Å². The smallest absolute Gasteiger partial charge is 0.0992 e. The fourth-order valence-electron chi connectivity index (χ4n) is 1.23. The van der Waals surface area contributed by atoms with E-state index in [9.17, 15) is 0 Å². The lowest BCUT2D eigenvalue weighted by Crippen LogP contribution is -2.16. The molecule has 1 aromatic rings. The van der Waals surface area contributed by atoms with Crippen molar-refractivity contribution in [1.29, 1.82) is 5.26 Å². The summed E-state index contributed by atoms with van der Waals surface area (Å²) in [6, 6.07) is 9.71. The SMILES string of the molecule is CN(CC=CCS)c1cccc(C#N)c1. The molecule has 15 heavy (non-hydrogen) atoms. The van der Waals surface area contributed by atoms with E-state index in [0.29, 0.717) is 5.56 Å². The minimum absolute atomic E-state index is 0.692. The molecule has 0 bridgehead atoms. The Morgan fingerprint density at radius 3 is 2.93 bits per heavy atom. The lowest BCUT2D eigenvalue weighted by atomic mass is 10.2. The molecule has 0 spiro atoms. The Kier molecular flexibility index (Phi) is 4.79. The van der Waals surface area contributed by atoms with Gasteiger partial charge in [-0.05, 0) is 18.2 Å². The van der Waals surface area contributed by atoms with Crippen molar-refractivity contribution in [3.63, 3.8) is 0 Å². The standard InChI is InChI=1S/C12H14N2S/c1-14(7-2-3-8-15)12-6-4-5-11(9-12)10-13/h2-6,9,15H,7-8H2,1H3. The summed E-state index contributed by atoms with van der Waals surface area (Å²) in [6.07, 6.45) is 4.07. The van der Waals surface area contributed by atoms with Gasteiger partial charge in [0.1, 0.15) is 0 Å². The minimum Gasteiger partial charge on any atom is -0.371 e. The largest absolute Gasteiger partial charge is 0.371 e. The molecule has 0 amide bonds. The predicted molar refractivity (Wildman–Crippen MR) is 67.4 cm³/mol. The van der Waals surface area contributed by atoms with Crippen molar-refractivity contribution in [3.05, 3.63) is 42.0 Å². The second-order valence-electron chi connectivity index (χ2n) is 3.20. The lowest BCUT2D eigenvalue weighted by molar-refractivity contribution is 1.03. The van der Waals surface area contributed by atoms with E-state index in [1.165, 1.54) is 0 Å². The molecular formula is C12H14N2S. The van der Waals surface area contributed by atoms with Crippen molar-refractivity contribution in [3.8, 4) is 6.07 Å². The monoisotopic (exact) mass is 218 g/mol. The third-order valence-corrected chi connectivity index (χ3v) is 2.28. The molecule has 3 heteroatoms. The highest BCUT2D eigenvalue weighted by Gasteiger charge is 1.98. The Morgan fingerprint density at radius 2 is 2.27 bits per heavy atom. The van der Waals surface area contributed by atoms with Crippen LogP contribution in [0.4, 0.5) is 5.69 Å². The van der Waals surface area contributed by atoms with Gasteiger partial charge in [0.15, 0.2) is 0 Å². The Bertz CT molecular complexity index is 379. The van der Waals surface area contributed by atoms with Crippen molar-refractivity contribution < 1.29 is 0 Å². The molecule has 0 aliphatic heterocycles. The van der Waals surface area contributed by atoms with Crippen LogP contribution in [0.2, 0.25) is 0 Å². The van der Waals surface area contributed by atoms with Crippen molar-refractivity contribution in [2.75, 3.05) is 24.2 Å². The van der Waals surface area contributed by atoms with Crippen molar-refractivity contribution in [2.45, 2.75) is 0 Å². The number of hydrogen-bond donors (Lipinski definition) is 1. The highest BCUT2D eigenvalue weighted by atomic mass is 32.1. The summed E-state index contributed by atoms with van der Waals surface area (Å²) >= 11 is 4.09. The lowest BCUT2D eigenvalue weighted by Gasteiger charge is -2.17. The number of nitrogens with zero attached hydrogens (tertiary/aromatic N) is 2. The van der Waals surface area contributed by atoms with Crippen LogP contribution in [-0.4, -0.2) is 19.3 Å². The van der Waals surface area contributed by atoms with E-state index < -0.39 is 0 Å². The van der Waals surface area contributed by atoms with Crippen LogP contribution in [0.1, 0.15) is 5.56 Å². The summed E-state index contributed by atoms with van der Waals surface area (Å²) in [5, 5.41) is 8.77. The number of thiol groups is 1. The van der Waals surface area contributed by atoms with Gasteiger partial charge >= 0.3 is 0 Å². The highest BCUT2D eigenvalue weighted by Crippen LogP contribution is 2.13. The zero-order valence-electron chi connectivity index (χ0n) is 8.72. The first kappa shape index (κ1) is 11.7. The van der Waals surface area contributed by atoms with Gasteiger partial charge in [-0.25, -0.2) is 0 Å². The van der Waals surface area contributed by atoms with Crippen molar-refractivity contribution in [1.82, 2.24) is 0 Å². The molecule has 0 aromatic heterocycles. The summed E-state index contributed by atoms with van der Waals surface area (Å²) in [6.45, 7) is 0.829. The van der Waals surface area contributed by atoms with E-state index in [1.807, 2.05) is 31.3 Å². The van der Waals surface area contributed by atoms with Crippen LogP contribution in [0.5, 0.6) is 0 Å². The average molecular weight is 218 g/mol. The molecular weight excluding hydrogens is 204 g/mol. The molecule has 0 fully saturated rings. The number of hydrogen-bond acceptors (Lipinski definition) is 3. The van der Waals surface area contributed by atoms with Crippen LogP contribution in [0.15, 0.2) is 36.4 Å². The van der Waals surface area contributed by atoms with Gasteiger partial charge in [0.2, 0.25) is 0 Å². The Morgan fingerprint density at radius 1 is 1.47 bits per heavy atom. The average Bonchev–Trinajstić information content (AvgIpc) is 2.29. The molecule has 1 aromatic carbocycles. The van der Waals surface area contributed by atoms with Gasteiger partial charge in [-0.1, -0.05) is 18.2 Å². The maximum Gasteiger partial charge on any atom is 0.0992 e. The zero-order chi connectivity index (χ0) is 11.1. The van der Waals surface area contributed by atoms with Crippen LogP contribution in [0.3, 0.4) is 0 Å². The molecule has 0 radical (unpaired) electrons. The number of likely N-dealkylation sites (N-methyl/N-ethyl adjacent to an activating group) is 1.